The van der Waals surface area contributed by atoms with Gasteiger partial charge < -0.3 is 32.5 Å². The summed E-state index contributed by atoms with van der Waals surface area (Å²) in [7, 11) is -1.51. The third-order valence-corrected chi connectivity index (χ3v) is 15.6. The molecule has 0 radical (unpaired) electrons. The Morgan fingerprint density at radius 3 is 0.949 bits per heavy atom. The van der Waals surface area contributed by atoms with Gasteiger partial charge in [0.05, 0.1) is 14.2 Å². The summed E-state index contributed by atoms with van der Waals surface area (Å²) in [6, 6.07) is 48.3. The van der Waals surface area contributed by atoms with Crippen molar-refractivity contribution in [2.24, 2.45) is 0 Å². The summed E-state index contributed by atoms with van der Waals surface area (Å²) in [5.74, 6) is 3.57. The zero-order valence-electron chi connectivity index (χ0n) is 34.9. The molecular formula is C50H54O7Si2. The van der Waals surface area contributed by atoms with Crippen LogP contribution in [0.4, 0.5) is 0 Å². The summed E-state index contributed by atoms with van der Waals surface area (Å²) in [6.45, 7) is 10.3. The van der Waals surface area contributed by atoms with Gasteiger partial charge in [0.2, 0.25) is 11.5 Å². The van der Waals surface area contributed by atoms with Gasteiger partial charge in [0.25, 0.3) is 0 Å². The molecule has 0 aliphatic carbocycles. The van der Waals surface area contributed by atoms with Crippen molar-refractivity contribution < 1.29 is 32.5 Å². The molecule has 9 heteroatoms. The van der Waals surface area contributed by atoms with Crippen LogP contribution in [0.25, 0.3) is 12.2 Å². The first-order valence-corrected chi connectivity index (χ1v) is 25.8. The van der Waals surface area contributed by atoms with Crippen LogP contribution < -0.4 is 28.4 Å². The Bertz CT molecular complexity index is 2120. The van der Waals surface area contributed by atoms with Gasteiger partial charge in [-0.1, -0.05) is 145 Å². The first-order chi connectivity index (χ1) is 28.6. The van der Waals surface area contributed by atoms with Crippen molar-refractivity contribution in [1.82, 2.24) is 0 Å². The average Bonchev–Trinajstić information content (AvgIpc) is 3.26. The molecule has 0 N–H and O–H groups in total. The van der Waals surface area contributed by atoms with E-state index in [1.165, 1.54) is 0 Å². The van der Waals surface area contributed by atoms with Gasteiger partial charge >= 0.3 is 0 Å². The molecule has 7 nitrogen and oxygen atoms in total. The van der Waals surface area contributed by atoms with Crippen LogP contribution in [-0.4, -0.2) is 30.9 Å². The number of hydrogen-bond donors (Lipinski definition) is 0. The van der Waals surface area contributed by atoms with Gasteiger partial charge in [-0.25, -0.2) is 0 Å². The highest BCUT2D eigenvalue weighted by Gasteiger charge is 2.30. The third kappa shape index (κ3) is 12.5. The second kappa shape index (κ2) is 20.6. The van der Waals surface area contributed by atoms with E-state index >= 15 is 0 Å². The Hall–Kier alpha value is -6.01. The van der Waals surface area contributed by atoms with Crippen molar-refractivity contribution in [3.8, 4) is 34.5 Å². The molecule has 59 heavy (non-hydrogen) atoms. The van der Waals surface area contributed by atoms with Crippen LogP contribution in [-0.2, 0) is 30.5 Å². The minimum atomic E-state index is -2.40. The van der Waals surface area contributed by atoms with Gasteiger partial charge in [-0.3, -0.25) is 0 Å². The molecule has 0 aromatic heterocycles. The number of ether oxygens (including phenoxy) is 6. The minimum absolute atomic E-state index is 0.370. The lowest BCUT2D eigenvalue weighted by Crippen LogP contribution is -2.42. The summed E-state index contributed by atoms with van der Waals surface area (Å²) in [6.07, 6.45) is 4.20. The quantitative estimate of drug-likeness (QED) is 0.0711. The molecule has 0 aliphatic heterocycles. The van der Waals surface area contributed by atoms with Gasteiger partial charge in [-0.2, -0.15) is 0 Å². The van der Waals surface area contributed by atoms with Crippen molar-refractivity contribution >= 4 is 28.8 Å². The van der Waals surface area contributed by atoms with Crippen molar-refractivity contribution in [2.75, 3.05) is 14.2 Å². The van der Waals surface area contributed by atoms with E-state index < -0.39 is 16.6 Å². The maximum atomic E-state index is 7.08. The molecule has 0 amide bonds. The molecule has 0 spiro atoms. The molecule has 0 saturated carbocycles. The first kappa shape index (κ1) is 42.6. The Morgan fingerprint density at radius 2 is 0.661 bits per heavy atom. The standard InChI is InChI=1S/C50H54O7Si2/c1-51-45-29-27-43(47(53-35-39-19-11-7-12-20-39)49(45)55-37-41-23-15-9-16-24-41)31-33-58(3,4)57-59(5,6)34-32-44-28-30-46(52-2)50(56-38-42-25-17-10-18-26-42)48(44)54-36-40-21-13-8-14-22-40/h7-34H,35-38H2,1-6H3/b33-31+,34-32+. The van der Waals surface area contributed by atoms with Gasteiger partial charge in [-0.05, 0) is 72.7 Å². The van der Waals surface area contributed by atoms with Crippen LogP contribution >= 0.6 is 0 Å². The topological polar surface area (TPSA) is 64.6 Å². The molecule has 6 aromatic carbocycles. The van der Waals surface area contributed by atoms with Crippen LogP contribution in [0.3, 0.4) is 0 Å². The number of methoxy groups -OCH3 is 2. The van der Waals surface area contributed by atoms with E-state index in [-0.39, 0.29) is 0 Å². The Morgan fingerprint density at radius 1 is 0.373 bits per heavy atom. The molecule has 0 aliphatic rings. The van der Waals surface area contributed by atoms with Crippen LogP contribution in [0.1, 0.15) is 33.4 Å². The van der Waals surface area contributed by atoms with Crippen LogP contribution in [0.5, 0.6) is 34.5 Å². The van der Waals surface area contributed by atoms with Gasteiger partial charge in [0.15, 0.2) is 39.6 Å². The van der Waals surface area contributed by atoms with E-state index in [4.69, 9.17) is 32.5 Å². The lowest BCUT2D eigenvalue weighted by atomic mass is 10.1. The highest BCUT2D eigenvalue weighted by Crippen LogP contribution is 2.43. The Labute approximate surface area is 351 Å². The molecule has 0 heterocycles. The monoisotopic (exact) mass is 822 g/mol. The largest absolute Gasteiger partial charge is 0.493 e. The van der Waals surface area contributed by atoms with E-state index in [9.17, 15) is 0 Å². The summed E-state index contributed by atoms with van der Waals surface area (Å²) < 4.78 is 44.6. The maximum Gasteiger partial charge on any atom is 0.204 e. The van der Waals surface area contributed by atoms with Crippen molar-refractivity contribution in [1.29, 1.82) is 0 Å². The average molecular weight is 823 g/mol. The predicted octanol–water partition coefficient (Wildman–Crippen LogP) is 12.3. The van der Waals surface area contributed by atoms with E-state index in [1.54, 1.807) is 14.2 Å². The van der Waals surface area contributed by atoms with Crippen LogP contribution in [0.2, 0.25) is 26.2 Å². The fourth-order valence-electron chi connectivity index (χ4n) is 6.52. The van der Waals surface area contributed by atoms with Crippen molar-refractivity contribution in [3.63, 3.8) is 0 Å². The summed E-state index contributed by atoms with van der Waals surface area (Å²) >= 11 is 0. The minimum Gasteiger partial charge on any atom is -0.493 e. The number of hydrogen-bond acceptors (Lipinski definition) is 7. The zero-order valence-corrected chi connectivity index (χ0v) is 36.9. The SMILES string of the molecule is COc1ccc(/C=C/[Si](C)(C)O[Si](C)(C)/C=C/c2ccc(OC)c(OCc3ccccc3)c2OCc2ccccc2)c(OCc2ccccc2)c1OCc1ccccc1. The Balaban J connectivity index is 1.25. The zero-order chi connectivity index (χ0) is 41.5. The smallest absolute Gasteiger partial charge is 0.204 e. The normalized spacial score (nSPS) is 11.8. The summed E-state index contributed by atoms with van der Waals surface area (Å²) in [4.78, 5) is 0. The summed E-state index contributed by atoms with van der Waals surface area (Å²) in [5.41, 5.74) is 10.4. The third-order valence-electron chi connectivity index (χ3n) is 9.41. The van der Waals surface area contributed by atoms with Gasteiger partial charge in [0, 0.05) is 11.1 Å². The van der Waals surface area contributed by atoms with E-state index in [0.717, 1.165) is 33.4 Å². The molecule has 0 saturated heterocycles. The summed E-state index contributed by atoms with van der Waals surface area (Å²) in [5, 5.41) is 0. The van der Waals surface area contributed by atoms with Gasteiger partial charge in [0.1, 0.15) is 26.4 Å². The second-order valence-electron chi connectivity index (χ2n) is 15.1. The fraction of sp³-hybridized carbons (Fsp3) is 0.200. The molecule has 0 bridgehead atoms. The molecule has 6 aromatic rings. The molecule has 6 rings (SSSR count). The maximum absolute atomic E-state index is 7.08. The second-order valence-corrected chi connectivity index (χ2v) is 23.0. The van der Waals surface area contributed by atoms with Crippen LogP contribution in [0.15, 0.2) is 157 Å². The van der Waals surface area contributed by atoms with E-state index in [2.05, 4.69) is 49.7 Å². The molecule has 0 unspecified atom stereocenters. The highest BCUT2D eigenvalue weighted by atomic mass is 28.4. The molecule has 0 atom stereocenters. The lowest BCUT2D eigenvalue weighted by Gasteiger charge is -2.30. The van der Waals surface area contributed by atoms with Crippen LogP contribution in [0, 0.1) is 0 Å². The van der Waals surface area contributed by atoms with E-state index in [0.29, 0.717) is 60.9 Å². The van der Waals surface area contributed by atoms with Crippen molar-refractivity contribution in [3.05, 3.63) is 190 Å². The first-order valence-electron chi connectivity index (χ1n) is 19.8. The lowest BCUT2D eigenvalue weighted by molar-refractivity contribution is 0.243. The molecular weight excluding hydrogens is 769 g/mol. The predicted molar refractivity (Wildman–Crippen MR) is 243 cm³/mol. The Kier molecular flexibility index (Phi) is 14.9. The van der Waals surface area contributed by atoms with Crippen molar-refractivity contribution in [2.45, 2.75) is 52.6 Å². The van der Waals surface area contributed by atoms with Gasteiger partial charge in [-0.15, -0.1) is 0 Å². The molecule has 0 fully saturated rings. The number of benzene rings is 6. The molecule has 304 valence electrons. The highest BCUT2D eigenvalue weighted by molar-refractivity contribution is 6.90. The fourth-order valence-corrected chi connectivity index (χ4v) is 13.7. The number of rotatable bonds is 20. The van der Waals surface area contributed by atoms with E-state index in [1.807, 2.05) is 146 Å².